The van der Waals surface area contributed by atoms with Crippen molar-refractivity contribution in [3.8, 4) is 17.0 Å². The second-order valence-corrected chi connectivity index (χ2v) is 7.84. The van der Waals surface area contributed by atoms with Crippen LogP contribution < -0.4 is 9.64 Å². The van der Waals surface area contributed by atoms with E-state index >= 15 is 0 Å². The molecule has 29 heavy (non-hydrogen) atoms. The number of ether oxygens (including phenoxy) is 3. The van der Waals surface area contributed by atoms with Crippen molar-refractivity contribution in [1.29, 1.82) is 0 Å². The molecule has 1 aromatic carbocycles. The number of morpholine rings is 1. The van der Waals surface area contributed by atoms with E-state index in [1.165, 1.54) is 0 Å². The molecular formula is C22H26N4O3. The van der Waals surface area contributed by atoms with Crippen LogP contribution in [0.4, 0.5) is 5.69 Å². The molecule has 7 heteroatoms. The van der Waals surface area contributed by atoms with Crippen molar-refractivity contribution in [2.24, 2.45) is 0 Å². The van der Waals surface area contributed by atoms with E-state index in [0.717, 1.165) is 66.6 Å². The summed E-state index contributed by atoms with van der Waals surface area (Å²) in [5, 5.41) is 5.70. The molecule has 2 fully saturated rings. The first-order chi connectivity index (χ1) is 14.2. The molecule has 0 aliphatic carbocycles. The summed E-state index contributed by atoms with van der Waals surface area (Å²) >= 11 is 0. The molecule has 0 amide bonds. The highest BCUT2D eigenvalue weighted by atomic mass is 16.6. The summed E-state index contributed by atoms with van der Waals surface area (Å²) in [6.07, 6.45) is 2.17. The highest BCUT2D eigenvalue weighted by Gasteiger charge is 2.23. The zero-order chi connectivity index (χ0) is 19.8. The number of fused-ring (bicyclic) bond motifs is 1. The predicted molar refractivity (Wildman–Crippen MR) is 112 cm³/mol. The minimum absolute atomic E-state index is 0.237. The van der Waals surface area contributed by atoms with Crippen LogP contribution in [0.5, 0.6) is 5.75 Å². The molecule has 152 valence electrons. The molecule has 0 N–H and O–H groups in total. The highest BCUT2D eigenvalue weighted by Crippen LogP contribution is 2.33. The average molecular weight is 394 g/mol. The van der Waals surface area contributed by atoms with Crippen LogP contribution in [0.2, 0.25) is 0 Å². The van der Waals surface area contributed by atoms with Gasteiger partial charge in [0.05, 0.1) is 42.8 Å². The van der Waals surface area contributed by atoms with Gasteiger partial charge < -0.3 is 19.1 Å². The molecule has 3 aromatic rings. The number of epoxide rings is 1. The molecule has 7 nitrogen and oxygen atoms in total. The summed E-state index contributed by atoms with van der Waals surface area (Å²) in [6.45, 7) is 8.86. The molecular weight excluding hydrogens is 368 g/mol. The SMILES string of the molecule is CC(C)n1ncc2c(N3CCOCC3)cc(-c3cccc(OCC4CO4)c3)nc21. The Morgan fingerprint density at radius 1 is 1.21 bits per heavy atom. The van der Waals surface area contributed by atoms with Crippen molar-refractivity contribution < 1.29 is 14.2 Å². The van der Waals surface area contributed by atoms with E-state index in [4.69, 9.17) is 19.2 Å². The molecule has 0 spiro atoms. The molecule has 0 bridgehead atoms. The molecule has 2 aliphatic rings. The third-order valence-electron chi connectivity index (χ3n) is 5.35. The molecule has 0 saturated carbocycles. The van der Waals surface area contributed by atoms with Crippen LogP contribution >= 0.6 is 0 Å². The average Bonchev–Trinajstić information content (AvgIpc) is 3.48. The summed E-state index contributed by atoms with van der Waals surface area (Å²) in [6, 6.07) is 10.5. The quantitative estimate of drug-likeness (QED) is 0.598. The summed E-state index contributed by atoms with van der Waals surface area (Å²) in [5.74, 6) is 0.838. The van der Waals surface area contributed by atoms with Gasteiger partial charge in [-0.25, -0.2) is 9.67 Å². The lowest BCUT2D eigenvalue weighted by Gasteiger charge is -2.29. The van der Waals surface area contributed by atoms with Crippen molar-refractivity contribution in [1.82, 2.24) is 14.8 Å². The first-order valence-electron chi connectivity index (χ1n) is 10.2. The Balaban J connectivity index is 1.57. The number of pyridine rings is 1. The van der Waals surface area contributed by atoms with Crippen LogP contribution in [0.1, 0.15) is 19.9 Å². The maximum absolute atomic E-state index is 5.88. The normalized spacial score (nSPS) is 19.1. The lowest BCUT2D eigenvalue weighted by atomic mass is 10.1. The smallest absolute Gasteiger partial charge is 0.160 e. The van der Waals surface area contributed by atoms with Crippen LogP contribution in [0, 0.1) is 0 Å². The zero-order valence-electron chi connectivity index (χ0n) is 16.9. The van der Waals surface area contributed by atoms with Gasteiger partial charge in [-0.1, -0.05) is 12.1 Å². The summed E-state index contributed by atoms with van der Waals surface area (Å²) < 4.78 is 18.7. The van der Waals surface area contributed by atoms with Crippen LogP contribution in [-0.2, 0) is 9.47 Å². The van der Waals surface area contributed by atoms with Gasteiger partial charge in [-0.3, -0.25) is 0 Å². The summed E-state index contributed by atoms with van der Waals surface area (Å²) in [7, 11) is 0. The third-order valence-corrected chi connectivity index (χ3v) is 5.35. The number of hydrogen-bond donors (Lipinski definition) is 0. The third kappa shape index (κ3) is 3.80. The molecule has 2 aromatic heterocycles. The van der Waals surface area contributed by atoms with Crippen molar-refractivity contribution >= 4 is 16.7 Å². The standard InChI is InChI=1S/C22H26N4O3/c1-15(2)26-22-19(12-23-26)21(25-6-8-27-9-7-25)11-20(24-22)16-4-3-5-17(10-16)28-13-18-14-29-18/h3-5,10-12,15,18H,6-9,13-14H2,1-2H3. The summed E-state index contributed by atoms with van der Waals surface area (Å²) in [4.78, 5) is 7.36. The number of anilines is 1. The Hall–Kier alpha value is -2.64. The van der Waals surface area contributed by atoms with E-state index < -0.39 is 0 Å². The summed E-state index contributed by atoms with van der Waals surface area (Å²) in [5.41, 5.74) is 4.04. The van der Waals surface area contributed by atoms with Crippen LogP contribution in [0.15, 0.2) is 36.5 Å². The fourth-order valence-corrected chi connectivity index (χ4v) is 3.69. The topological polar surface area (TPSA) is 64.9 Å². The number of rotatable bonds is 6. The lowest BCUT2D eigenvalue weighted by Crippen LogP contribution is -2.36. The minimum Gasteiger partial charge on any atom is -0.491 e. The van der Waals surface area contributed by atoms with Gasteiger partial charge in [0.15, 0.2) is 5.65 Å². The van der Waals surface area contributed by atoms with Gasteiger partial charge in [0, 0.05) is 24.7 Å². The van der Waals surface area contributed by atoms with E-state index in [1.54, 1.807) is 0 Å². The molecule has 2 saturated heterocycles. The Morgan fingerprint density at radius 2 is 2.03 bits per heavy atom. The van der Waals surface area contributed by atoms with Crippen molar-refractivity contribution in [3.63, 3.8) is 0 Å². The number of hydrogen-bond acceptors (Lipinski definition) is 6. The first-order valence-corrected chi connectivity index (χ1v) is 10.2. The Bertz CT molecular complexity index is 1010. The Kier molecular flexibility index (Phi) is 4.85. The molecule has 4 heterocycles. The van der Waals surface area contributed by atoms with Gasteiger partial charge in [0.25, 0.3) is 0 Å². The van der Waals surface area contributed by atoms with Crippen LogP contribution in [-0.4, -0.2) is 60.4 Å². The molecule has 1 atom stereocenters. The molecule has 1 unspecified atom stereocenters. The lowest BCUT2D eigenvalue weighted by molar-refractivity contribution is 0.123. The molecule has 0 radical (unpaired) electrons. The van der Waals surface area contributed by atoms with Gasteiger partial charge in [0.2, 0.25) is 0 Å². The fraction of sp³-hybridized carbons (Fsp3) is 0.455. The number of aromatic nitrogens is 3. The molecule has 2 aliphatic heterocycles. The Labute approximate surface area is 170 Å². The fourth-order valence-electron chi connectivity index (χ4n) is 3.69. The van der Waals surface area contributed by atoms with Crippen LogP contribution in [0.25, 0.3) is 22.3 Å². The van der Waals surface area contributed by atoms with E-state index in [-0.39, 0.29) is 12.1 Å². The molecule has 5 rings (SSSR count). The second kappa shape index (κ2) is 7.65. The number of benzene rings is 1. The zero-order valence-corrected chi connectivity index (χ0v) is 16.9. The van der Waals surface area contributed by atoms with Gasteiger partial charge in [0.1, 0.15) is 18.5 Å². The van der Waals surface area contributed by atoms with Gasteiger partial charge in [-0.05, 0) is 32.0 Å². The van der Waals surface area contributed by atoms with E-state index in [2.05, 4.69) is 42.0 Å². The maximum Gasteiger partial charge on any atom is 0.160 e. The minimum atomic E-state index is 0.237. The van der Waals surface area contributed by atoms with Crippen LogP contribution in [0.3, 0.4) is 0 Å². The maximum atomic E-state index is 5.88. The predicted octanol–water partition coefficient (Wildman–Crippen LogP) is 3.29. The Morgan fingerprint density at radius 3 is 2.79 bits per heavy atom. The largest absolute Gasteiger partial charge is 0.491 e. The highest BCUT2D eigenvalue weighted by molar-refractivity contribution is 5.92. The van der Waals surface area contributed by atoms with Gasteiger partial charge >= 0.3 is 0 Å². The monoisotopic (exact) mass is 394 g/mol. The first kappa shape index (κ1) is 18.4. The van der Waals surface area contributed by atoms with Crippen molar-refractivity contribution in [2.75, 3.05) is 44.4 Å². The van der Waals surface area contributed by atoms with Gasteiger partial charge in [-0.15, -0.1) is 0 Å². The van der Waals surface area contributed by atoms with E-state index in [9.17, 15) is 0 Å². The second-order valence-electron chi connectivity index (χ2n) is 7.84. The van der Waals surface area contributed by atoms with Crippen molar-refractivity contribution in [3.05, 3.63) is 36.5 Å². The van der Waals surface area contributed by atoms with E-state index in [1.807, 2.05) is 23.0 Å². The van der Waals surface area contributed by atoms with E-state index in [0.29, 0.717) is 6.61 Å². The van der Waals surface area contributed by atoms with Crippen molar-refractivity contribution in [2.45, 2.75) is 26.0 Å². The van der Waals surface area contributed by atoms with Gasteiger partial charge in [-0.2, -0.15) is 5.10 Å². The number of nitrogens with zero attached hydrogens (tertiary/aromatic N) is 4.